The Hall–Kier alpha value is -1.55. The van der Waals surface area contributed by atoms with E-state index in [1.807, 2.05) is 20.8 Å². The Bertz CT molecular complexity index is 524. The minimum Gasteiger partial charge on any atom is -0.444 e. The number of amides is 1. The summed E-state index contributed by atoms with van der Waals surface area (Å²) < 4.78 is 5.34. The monoisotopic (exact) mass is 346 g/mol. The summed E-state index contributed by atoms with van der Waals surface area (Å²) in [7, 11) is 0. The van der Waals surface area contributed by atoms with Crippen LogP contribution in [0, 0.1) is 5.92 Å². The second-order valence-electron chi connectivity index (χ2n) is 8.14. The first-order chi connectivity index (χ1) is 11.9. The molecular formula is C21H34N2O2. The summed E-state index contributed by atoms with van der Waals surface area (Å²) in [5.41, 5.74) is 0.934. The van der Waals surface area contributed by atoms with Crippen molar-refractivity contribution in [2.45, 2.75) is 77.5 Å². The predicted molar refractivity (Wildman–Crippen MR) is 103 cm³/mol. The van der Waals surface area contributed by atoms with E-state index < -0.39 is 5.60 Å². The van der Waals surface area contributed by atoms with Crippen molar-refractivity contribution in [2.75, 3.05) is 6.54 Å². The zero-order valence-corrected chi connectivity index (χ0v) is 16.2. The van der Waals surface area contributed by atoms with E-state index in [4.69, 9.17) is 4.74 Å². The third-order valence-electron chi connectivity index (χ3n) is 4.83. The smallest absolute Gasteiger partial charge is 0.407 e. The Kier molecular flexibility index (Phi) is 7.30. The van der Waals surface area contributed by atoms with Gasteiger partial charge in [0.2, 0.25) is 0 Å². The van der Waals surface area contributed by atoms with Gasteiger partial charge < -0.3 is 15.4 Å². The highest BCUT2D eigenvalue weighted by atomic mass is 16.6. The zero-order valence-electron chi connectivity index (χ0n) is 16.2. The van der Waals surface area contributed by atoms with Crippen LogP contribution in [0.3, 0.4) is 0 Å². The molecule has 4 heteroatoms. The van der Waals surface area contributed by atoms with E-state index in [0.29, 0.717) is 24.5 Å². The zero-order chi connectivity index (χ0) is 18.3. The van der Waals surface area contributed by atoms with E-state index in [-0.39, 0.29) is 6.09 Å². The predicted octanol–water partition coefficient (Wildman–Crippen LogP) is 4.29. The number of nitrogens with one attached hydrogen (secondary N) is 2. The molecule has 0 heterocycles. The topological polar surface area (TPSA) is 50.4 Å². The molecule has 0 aliphatic heterocycles. The maximum Gasteiger partial charge on any atom is 0.407 e. The average molecular weight is 347 g/mol. The Balaban J connectivity index is 1.82. The van der Waals surface area contributed by atoms with Crippen LogP contribution in [0.4, 0.5) is 4.79 Å². The molecule has 0 spiro atoms. The van der Waals surface area contributed by atoms with Crippen LogP contribution in [0.5, 0.6) is 0 Å². The quantitative estimate of drug-likeness (QED) is 0.774. The number of alkyl carbamates (subject to hydrolysis) is 1. The van der Waals surface area contributed by atoms with Crippen LogP contribution >= 0.6 is 0 Å². The van der Waals surface area contributed by atoms with E-state index in [9.17, 15) is 4.79 Å². The molecule has 2 rings (SSSR count). The standard InChI is InChI=1S/C21H34N2O2/c1-5-18(14-16-10-7-6-8-11-16)23-19-13-9-12-17(19)15-22-20(24)25-21(2,3)4/h6-8,10-11,17-19,23H,5,9,12-15H2,1-4H3,(H,22,24). The van der Waals surface area contributed by atoms with E-state index >= 15 is 0 Å². The Morgan fingerprint density at radius 1 is 1.24 bits per heavy atom. The molecule has 1 amide bonds. The van der Waals surface area contributed by atoms with Gasteiger partial charge in [0.1, 0.15) is 5.60 Å². The van der Waals surface area contributed by atoms with Crippen molar-refractivity contribution >= 4 is 6.09 Å². The van der Waals surface area contributed by atoms with Gasteiger partial charge in [-0.15, -0.1) is 0 Å². The lowest BCUT2D eigenvalue weighted by atomic mass is 9.99. The lowest BCUT2D eigenvalue weighted by molar-refractivity contribution is 0.0517. The summed E-state index contributed by atoms with van der Waals surface area (Å²) in [5, 5.41) is 6.79. The molecule has 1 saturated carbocycles. The van der Waals surface area contributed by atoms with E-state index in [1.165, 1.54) is 18.4 Å². The molecule has 4 nitrogen and oxygen atoms in total. The Morgan fingerprint density at radius 3 is 2.60 bits per heavy atom. The molecule has 140 valence electrons. The fourth-order valence-electron chi connectivity index (χ4n) is 3.55. The molecule has 1 aromatic carbocycles. The highest BCUT2D eigenvalue weighted by molar-refractivity contribution is 5.67. The van der Waals surface area contributed by atoms with Gasteiger partial charge in [0.25, 0.3) is 0 Å². The van der Waals surface area contributed by atoms with Crippen LogP contribution in [0.1, 0.15) is 58.9 Å². The van der Waals surface area contributed by atoms with E-state index in [0.717, 1.165) is 19.3 Å². The van der Waals surface area contributed by atoms with E-state index in [2.05, 4.69) is 47.9 Å². The molecule has 1 aromatic rings. The molecule has 1 aliphatic carbocycles. The molecule has 1 aliphatic rings. The third kappa shape index (κ3) is 7.07. The fourth-order valence-corrected chi connectivity index (χ4v) is 3.55. The van der Waals surface area contributed by atoms with Gasteiger partial charge in [0.05, 0.1) is 0 Å². The molecule has 2 N–H and O–H groups in total. The second kappa shape index (κ2) is 9.23. The van der Waals surface area contributed by atoms with Crippen molar-refractivity contribution in [3.8, 4) is 0 Å². The molecule has 0 radical (unpaired) electrons. The molecular weight excluding hydrogens is 312 g/mol. The largest absolute Gasteiger partial charge is 0.444 e. The number of benzene rings is 1. The van der Waals surface area contributed by atoms with Gasteiger partial charge >= 0.3 is 6.09 Å². The summed E-state index contributed by atoms with van der Waals surface area (Å²) in [6.07, 6.45) is 5.42. The number of ether oxygens (including phenoxy) is 1. The van der Waals surface area contributed by atoms with Gasteiger partial charge in [-0.05, 0) is 57.9 Å². The summed E-state index contributed by atoms with van der Waals surface area (Å²) >= 11 is 0. The van der Waals surface area contributed by atoms with Crippen LogP contribution in [0.15, 0.2) is 30.3 Å². The van der Waals surface area contributed by atoms with Crippen LogP contribution in [-0.4, -0.2) is 30.3 Å². The van der Waals surface area contributed by atoms with E-state index in [1.54, 1.807) is 0 Å². The minimum atomic E-state index is -0.444. The fraction of sp³-hybridized carbons (Fsp3) is 0.667. The molecule has 0 saturated heterocycles. The lowest BCUT2D eigenvalue weighted by Gasteiger charge is -2.27. The highest BCUT2D eigenvalue weighted by Gasteiger charge is 2.29. The molecule has 0 bridgehead atoms. The first-order valence-electron chi connectivity index (χ1n) is 9.64. The third-order valence-corrected chi connectivity index (χ3v) is 4.83. The van der Waals surface area contributed by atoms with Crippen molar-refractivity contribution < 1.29 is 9.53 Å². The molecule has 0 aromatic heterocycles. The number of rotatable bonds is 7. The molecule has 3 atom stereocenters. The van der Waals surface area contributed by atoms with Crippen LogP contribution in [0.2, 0.25) is 0 Å². The van der Waals surface area contributed by atoms with Crippen LogP contribution < -0.4 is 10.6 Å². The number of carbonyl (C=O) groups excluding carboxylic acids is 1. The van der Waals surface area contributed by atoms with Crippen LogP contribution in [-0.2, 0) is 11.2 Å². The first-order valence-corrected chi connectivity index (χ1v) is 9.64. The lowest BCUT2D eigenvalue weighted by Crippen LogP contribution is -2.45. The highest BCUT2D eigenvalue weighted by Crippen LogP contribution is 2.26. The average Bonchev–Trinajstić information content (AvgIpc) is 2.99. The van der Waals surface area contributed by atoms with Crippen molar-refractivity contribution in [1.82, 2.24) is 10.6 Å². The van der Waals surface area contributed by atoms with Gasteiger partial charge in [-0.1, -0.05) is 43.7 Å². The maximum absolute atomic E-state index is 11.9. The normalized spacial score (nSPS) is 21.8. The maximum atomic E-state index is 11.9. The van der Waals surface area contributed by atoms with Crippen molar-refractivity contribution in [2.24, 2.45) is 5.92 Å². The molecule has 3 unspecified atom stereocenters. The molecule has 25 heavy (non-hydrogen) atoms. The molecule has 1 fully saturated rings. The number of hydrogen-bond donors (Lipinski definition) is 2. The summed E-state index contributed by atoms with van der Waals surface area (Å²) in [5.74, 6) is 0.484. The SMILES string of the molecule is CCC(Cc1ccccc1)NC1CCCC1CNC(=O)OC(C)(C)C. The van der Waals surface area contributed by atoms with Crippen molar-refractivity contribution in [1.29, 1.82) is 0 Å². The van der Waals surface area contributed by atoms with Gasteiger partial charge in [-0.25, -0.2) is 4.79 Å². The summed E-state index contributed by atoms with van der Waals surface area (Å²) in [6.45, 7) is 8.60. The Morgan fingerprint density at radius 2 is 1.96 bits per heavy atom. The van der Waals surface area contributed by atoms with Gasteiger partial charge in [0, 0.05) is 18.6 Å². The van der Waals surface area contributed by atoms with Crippen molar-refractivity contribution in [3.63, 3.8) is 0 Å². The Labute approximate surface area is 152 Å². The number of hydrogen-bond acceptors (Lipinski definition) is 3. The van der Waals surface area contributed by atoms with Gasteiger partial charge in [0.15, 0.2) is 0 Å². The van der Waals surface area contributed by atoms with Gasteiger partial charge in [-0.2, -0.15) is 0 Å². The minimum absolute atomic E-state index is 0.311. The first kappa shape index (κ1) is 19.8. The second-order valence-corrected chi connectivity index (χ2v) is 8.14. The summed E-state index contributed by atoms with van der Waals surface area (Å²) in [4.78, 5) is 11.9. The van der Waals surface area contributed by atoms with Gasteiger partial charge in [-0.3, -0.25) is 0 Å². The van der Waals surface area contributed by atoms with Crippen LogP contribution in [0.25, 0.3) is 0 Å². The summed E-state index contributed by atoms with van der Waals surface area (Å²) in [6, 6.07) is 11.6. The number of carbonyl (C=O) groups is 1. The van der Waals surface area contributed by atoms with Crippen molar-refractivity contribution in [3.05, 3.63) is 35.9 Å².